The molecule has 0 aromatic heterocycles. The minimum atomic E-state index is -3.54. The lowest BCUT2D eigenvalue weighted by Crippen LogP contribution is -2.44. The van der Waals surface area contributed by atoms with Crippen LogP contribution in [0.25, 0.3) is 0 Å². The van der Waals surface area contributed by atoms with Crippen molar-refractivity contribution in [1.29, 1.82) is 0 Å². The van der Waals surface area contributed by atoms with Crippen LogP contribution < -0.4 is 0 Å². The summed E-state index contributed by atoms with van der Waals surface area (Å²) in [4.78, 5) is 25.9. The summed E-state index contributed by atoms with van der Waals surface area (Å²) in [5, 5.41) is 0. The Morgan fingerprint density at radius 2 is 1.96 bits per heavy atom. The maximum absolute atomic E-state index is 12.2. The number of hydrogen-bond acceptors (Lipinski definition) is 5. The van der Waals surface area contributed by atoms with Crippen LogP contribution in [0.4, 0.5) is 0 Å². The highest BCUT2D eigenvalue weighted by molar-refractivity contribution is 7.90. The number of carbonyl (C=O) groups excluding carboxylic acids is 2. The third-order valence-corrected chi connectivity index (χ3v) is 5.11. The summed E-state index contributed by atoms with van der Waals surface area (Å²) in [5.74, 6) is -1.05. The zero-order valence-corrected chi connectivity index (χ0v) is 14.1. The van der Waals surface area contributed by atoms with E-state index in [1.807, 2.05) is 6.92 Å². The maximum atomic E-state index is 12.2. The van der Waals surface area contributed by atoms with Crippen LogP contribution in [-0.2, 0) is 19.4 Å². The predicted molar refractivity (Wildman–Crippen MR) is 84.9 cm³/mol. The standard InChI is InChI=1S/C16H21NO5S/c1-12-7-5-6-10-17(12)15(18)11-22-16(19)13-8-3-4-9-14(13)23(2,20)21/h3-4,8-9,12H,5-7,10-11H2,1-2H3. The Bertz CT molecular complexity index is 698. The van der Waals surface area contributed by atoms with Crippen molar-refractivity contribution < 1.29 is 22.7 Å². The van der Waals surface area contributed by atoms with Crippen molar-refractivity contribution in [2.75, 3.05) is 19.4 Å². The van der Waals surface area contributed by atoms with Crippen LogP contribution in [0.5, 0.6) is 0 Å². The van der Waals surface area contributed by atoms with Gasteiger partial charge in [-0.05, 0) is 38.3 Å². The normalized spacial score (nSPS) is 18.5. The molecule has 2 rings (SSSR count). The first-order chi connectivity index (χ1) is 10.8. The average Bonchev–Trinajstić information content (AvgIpc) is 2.52. The number of ether oxygens (including phenoxy) is 1. The van der Waals surface area contributed by atoms with Crippen LogP contribution in [-0.4, -0.2) is 50.6 Å². The Morgan fingerprint density at radius 1 is 1.26 bits per heavy atom. The number of nitrogens with zero attached hydrogens (tertiary/aromatic N) is 1. The number of esters is 1. The van der Waals surface area contributed by atoms with Crippen LogP contribution in [0.2, 0.25) is 0 Å². The van der Waals surface area contributed by atoms with Gasteiger partial charge in [0.05, 0.1) is 10.5 Å². The number of amides is 1. The molecule has 0 bridgehead atoms. The van der Waals surface area contributed by atoms with Crippen molar-refractivity contribution >= 4 is 21.7 Å². The molecule has 23 heavy (non-hydrogen) atoms. The molecule has 1 atom stereocenters. The van der Waals surface area contributed by atoms with Gasteiger partial charge in [0.25, 0.3) is 5.91 Å². The van der Waals surface area contributed by atoms with Gasteiger partial charge in [0.1, 0.15) is 0 Å². The molecule has 1 aromatic carbocycles. The van der Waals surface area contributed by atoms with E-state index in [0.717, 1.165) is 25.5 Å². The van der Waals surface area contributed by atoms with E-state index in [1.54, 1.807) is 11.0 Å². The second kappa shape index (κ2) is 7.12. The lowest BCUT2D eigenvalue weighted by Gasteiger charge is -2.33. The van der Waals surface area contributed by atoms with Gasteiger partial charge in [-0.1, -0.05) is 12.1 Å². The van der Waals surface area contributed by atoms with Gasteiger partial charge in [-0.15, -0.1) is 0 Å². The number of rotatable bonds is 4. The molecule has 0 N–H and O–H groups in total. The molecule has 126 valence electrons. The maximum Gasteiger partial charge on any atom is 0.339 e. The number of carbonyl (C=O) groups is 2. The van der Waals surface area contributed by atoms with Crippen LogP contribution in [0.1, 0.15) is 36.5 Å². The summed E-state index contributed by atoms with van der Waals surface area (Å²) in [5.41, 5.74) is -0.0468. The van der Waals surface area contributed by atoms with Crippen LogP contribution in [0.3, 0.4) is 0 Å². The van der Waals surface area contributed by atoms with Gasteiger partial charge in [-0.3, -0.25) is 4.79 Å². The Balaban J connectivity index is 2.04. The average molecular weight is 339 g/mol. The summed E-state index contributed by atoms with van der Waals surface area (Å²) in [6.45, 7) is 2.26. The molecule has 0 radical (unpaired) electrons. The van der Waals surface area contributed by atoms with Crippen molar-refractivity contribution in [3.05, 3.63) is 29.8 Å². The summed E-state index contributed by atoms with van der Waals surface area (Å²) < 4.78 is 28.4. The topological polar surface area (TPSA) is 80.8 Å². The third kappa shape index (κ3) is 4.31. The number of likely N-dealkylation sites (tertiary alicyclic amines) is 1. The SMILES string of the molecule is CC1CCCCN1C(=O)COC(=O)c1ccccc1S(C)(=O)=O. The Labute approximate surface area is 136 Å². The van der Waals surface area contributed by atoms with Gasteiger partial charge >= 0.3 is 5.97 Å². The number of sulfone groups is 1. The van der Waals surface area contributed by atoms with Crippen molar-refractivity contribution in [3.8, 4) is 0 Å². The van der Waals surface area contributed by atoms with E-state index in [9.17, 15) is 18.0 Å². The fourth-order valence-corrected chi connectivity index (χ4v) is 3.59. The molecule has 1 aromatic rings. The lowest BCUT2D eigenvalue weighted by molar-refractivity contribution is -0.137. The quantitative estimate of drug-likeness (QED) is 0.779. The lowest BCUT2D eigenvalue weighted by atomic mass is 10.0. The molecule has 6 nitrogen and oxygen atoms in total. The predicted octanol–water partition coefficient (Wildman–Crippen LogP) is 1.65. The van der Waals surface area contributed by atoms with Gasteiger partial charge in [0, 0.05) is 18.8 Å². The number of benzene rings is 1. The number of piperidine rings is 1. The van der Waals surface area contributed by atoms with E-state index in [1.165, 1.54) is 18.2 Å². The van der Waals surface area contributed by atoms with Crippen molar-refractivity contribution in [2.24, 2.45) is 0 Å². The Hall–Kier alpha value is -1.89. The van der Waals surface area contributed by atoms with Crippen molar-refractivity contribution in [3.63, 3.8) is 0 Å². The van der Waals surface area contributed by atoms with E-state index in [0.29, 0.717) is 6.54 Å². The summed E-state index contributed by atoms with van der Waals surface area (Å²) in [6.07, 6.45) is 4.00. The van der Waals surface area contributed by atoms with E-state index >= 15 is 0 Å². The van der Waals surface area contributed by atoms with Gasteiger partial charge in [-0.25, -0.2) is 13.2 Å². The highest BCUT2D eigenvalue weighted by Gasteiger charge is 2.25. The molecular formula is C16H21NO5S. The second-order valence-electron chi connectivity index (χ2n) is 5.78. The summed E-state index contributed by atoms with van der Waals surface area (Å²) in [6, 6.07) is 5.96. The van der Waals surface area contributed by atoms with Crippen molar-refractivity contribution in [2.45, 2.75) is 37.1 Å². The van der Waals surface area contributed by atoms with Gasteiger partial charge in [-0.2, -0.15) is 0 Å². The molecule has 0 spiro atoms. The van der Waals surface area contributed by atoms with E-state index < -0.39 is 15.8 Å². The van der Waals surface area contributed by atoms with Crippen LogP contribution >= 0.6 is 0 Å². The van der Waals surface area contributed by atoms with Gasteiger partial charge in [0.15, 0.2) is 16.4 Å². The smallest absolute Gasteiger partial charge is 0.339 e. The molecule has 1 fully saturated rings. The van der Waals surface area contributed by atoms with Crippen LogP contribution in [0, 0.1) is 0 Å². The fourth-order valence-electron chi connectivity index (χ4n) is 2.72. The van der Waals surface area contributed by atoms with E-state index in [4.69, 9.17) is 4.74 Å². The molecule has 0 aliphatic carbocycles. The Kier molecular flexibility index (Phi) is 5.41. The summed E-state index contributed by atoms with van der Waals surface area (Å²) in [7, 11) is -3.54. The molecule has 1 amide bonds. The first kappa shape index (κ1) is 17.5. The largest absolute Gasteiger partial charge is 0.452 e. The summed E-state index contributed by atoms with van der Waals surface area (Å²) >= 11 is 0. The van der Waals surface area contributed by atoms with Gasteiger partial charge < -0.3 is 9.64 Å². The molecule has 7 heteroatoms. The zero-order chi connectivity index (χ0) is 17.0. The monoisotopic (exact) mass is 339 g/mol. The van der Waals surface area contributed by atoms with Crippen molar-refractivity contribution in [1.82, 2.24) is 4.90 Å². The highest BCUT2D eigenvalue weighted by atomic mass is 32.2. The Morgan fingerprint density at radius 3 is 2.61 bits per heavy atom. The number of hydrogen-bond donors (Lipinski definition) is 0. The zero-order valence-electron chi connectivity index (χ0n) is 13.3. The van der Waals surface area contributed by atoms with Crippen LogP contribution in [0.15, 0.2) is 29.2 Å². The molecular weight excluding hydrogens is 318 g/mol. The minimum absolute atomic E-state index is 0.0468. The van der Waals surface area contributed by atoms with E-state index in [2.05, 4.69) is 0 Å². The molecule has 1 aliphatic heterocycles. The molecule has 1 saturated heterocycles. The minimum Gasteiger partial charge on any atom is -0.452 e. The fraction of sp³-hybridized carbons (Fsp3) is 0.500. The van der Waals surface area contributed by atoms with Gasteiger partial charge in [0.2, 0.25) is 0 Å². The third-order valence-electron chi connectivity index (χ3n) is 3.96. The second-order valence-corrected chi connectivity index (χ2v) is 7.76. The molecule has 1 heterocycles. The highest BCUT2D eigenvalue weighted by Crippen LogP contribution is 2.18. The first-order valence-electron chi connectivity index (χ1n) is 7.56. The van der Waals surface area contributed by atoms with E-state index in [-0.39, 0.29) is 29.0 Å². The molecule has 1 aliphatic rings. The molecule has 0 saturated carbocycles. The first-order valence-corrected chi connectivity index (χ1v) is 9.45. The molecule has 1 unspecified atom stereocenters.